The van der Waals surface area contributed by atoms with Crippen LogP contribution in [0.15, 0.2) is 58.3 Å². The van der Waals surface area contributed by atoms with E-state index in [1.165, 1.54) is 24.3 Å². The summed E-state index contributed by atoms with van der Waals surface area (Å²) >= 11 is 0. The maximum absolute atomic E-state index is 12.4. The van der Waals surface area contributed by atoms with Gasteiger partial charge in [-0.05, 0) is 38.1 Å². The van der Waals surface area contributed by atoms with Crippen LogP contribution in [0.4, 0.5) is 0 Å². The normalized spacial score (nSPS) is 13.0. The van der Waals surface area contributed by atoms with Gasteiger partial charge in [-0.25, -0.2) is 16.8 Å². The predicted molar refractivity (Wildman–Crippen MR) is 86.6 cm³/mol. The van der Waals surface area contributed by atoms with Gasteiger partial charge in [0.05, 0.1) is 9.79 Å². The molecule has 0 aliphatic rings. The van der Waals surface area contributed by atoms with E-state index in [4.69, 9.17) is 0 Å². The zero-order valence-electron chi connectivity index (χ0n) is 12.4. The molecule has 1 N–H and O–H groups in total. The Morgan fingerprint density at radius 3 is 1.22 bits per heavy atom. The largest absolute Gasteiger partial charge is 0.429 e. The van der Waals surface area contributed by atoms with E-state index in [0.717, 1.165) is 35.4 Å². The van der Waals surface area contributed by atoms with E-state index in [0.29, 0.717) is 0 Å². The van der Waals surface area contributed by atoms with Crippen LogP contribution in [-0.4, -0.2) is 21.7 Å². The van der Waals surface area contributed by atoms with Crippen LogP contribution in [0.1, 0.15) is 11.1 Å². The van der Waals surface area contributed by atoms with E-state index < -0.39 is 34.5 Å². The van der Waals surface area contributed by atoms with Crippen LogP contribution in [0.25, 0.3) is 0 Å². The molecule has 0 aromatic heterocycles. The Labute approximate surface area is 134 Å². The molecule has 124 valence electrons. The number of rotatable bonds is 4. The van der Waals surface area contributed by atoms with Crippen molar-refractivity contribution in [2.45, 2.75) is 23.6 Å². The van der Waals surface area contributed by atoms with E-state index in [1.807, 2.05) is 0 Å². The van der Waals surface area contributed by atoms with E-state index in [1.54, 1.807) is 13.8 Å². The second-order valence-electron chi connectivity index (χ2n) is 5.04. The molecular weight excluding hydrogens is 359 g/mol. The molecule has 0 fully saturated rings. The highest BCUT2D eigenvalue weighted by Gasteiger charge is 2.50. The number of aryl methyl sites for hydroxylation is 2. The van der Waals surface area contributed by atoms with Gasteiger partial charge in [-0.15, -0.1) is 0 Å². The predicted octanol–water partition coefficient (Wildman–Crippen LogP) is 2.65. The molecule has 9 heteroatoms. The fourth-order valence-corrected chi connectivity index (χ4v) is 10.5. The first-order valence-electron chi connectivity index (χ1n) is 6.47. The lowest BCUT2D eigenvalue weighted by atomic mass is 10.2. The first kappa shape index (κ1) is 17.9. The maximum Gasteiger partial charge on any atom is 0.429 e. The van der Waals surface area contributed by atoms with E-state index in [2.05, 4.69) is 0 Å². The van der Waals surface area contributed by atoms with Gasteiger partial charge in [0.1, 0.15) is 0 Å². The number of hydrogen-bond acceptors (Lipinski definition) is 5. The van der Waals surface area contributed by atoms with Crippen LogP contribution in [0.2, 0.25) is 0 Å². The minimum absolute atomic E-state index is 0.510. The Morgan fingerprint density at radius 2 is 0.957 bits per heavy atom. The average molecular weight is 374 g/mol. The summed E-state index contributed by atoms with van der Waals surface area (Å²) in [5.41, 5.74) is 1.47. The van der Waals surface area contributed by atoms with Crippen LogP contribution < -0.4 is 0 Å². The SMILES string of the molecule is Cc1ccc(S(=O)(=O)P(=O)(O)S(=O)(=O)c2ccc(C)cc2)cc1. The molecule has 0 bridgehead atoms. The Bertz CT molecular complexity index is 895. The number of benzene rings is 2. The van der Waals surface area contributed by atoms with E-state index >= 15 is 0 Å². The molecule has 0 aliphatic carbocycles. The lowest BCUT2D eigenvalue weighted by molar-refractivity contribution is 0.496. The Morgan fingerprint density at radius 1 is 0.696 bits per heavy atom. The van der Waals surface area contributed by atoms with Gasteiger partial charge >= 0.3 is 5.77 Å². The molecule has 2 aromatic rings. The molecule has 0 saturated carbocycles. The second kappa shape index (κ2) is 5.87. The van der Waals surface area contributed by atoms with Crippen molar-refractivity contribution in [2.24, 2.45) is 0 Å². The fraction of sp³-hybridized carbons (Fsp3) is 0.143. The summed E-state index contributed by atoms with van der Waals surface area (Å²) in [6.07, 6.45) is 0. The molecular formula is C14H15O6PS2. The van der Waals surface area contributed by atoms with Crippen LogP contribution in [0, 0.1) is 13.8 Å². The summed E-state index contributed by atoms with van der Waals surface area (Å²) in [5, 5.41) is 0. The van der Waals surface area contributed by atoms with Gasteiger partial charge in [0.15, 0.2) is 0 Å². The summed E-state index contributed by atoms with van der Waals surface area (Å²) in [6, 6.07) is 10.1. The van der Waals surface area contributed by atoms with E-state index in [-0.39, 0.29) is 0 Å². The minimum Gasteiger partial charge on any atom is -0.322 e. The lowest BCUT2D eigenvalue weighted by Gasteiger charge is -2.13. The summed E-state index contributed by atoms with van der Waals surface area (Å²) in [5.74, 6) is -5.63. The Balaban J connectivity index is 2.62. The zero-order valence-corrected chi connectivity index (χ0v) is 14.9. The minimum atomic E-state index is -5.63. The third-order valence-electron chi connectivity index (χ3n) is 3.25. The maximum atomic E-state index is 12.4. The molecule has 0 atom stereocenters. The smallest absolute Gasteiger partial charge is 0.322 e. The molecule has 0 unspecified atom stereocenters. The van der Waals surface area contributed by atoms with Gasteiger partial charge < -0.3 is 4.89 Å². The summed E-state index contributed by atoms with van der Waals surface area (Å²) in [4.78, 5) is 8.98. The van der Waals surface area contributed by atoms with Gasteiger partial charge in [0.25, 0.3) is 18.9 Å². The van der Waals surface area contributed by atoms with Gasteiger partial charge in [0.2, 0.25) is 0 Å². The standard InChI is InChI=1S/C14H15O6PS2/c1-11-3-7-13(8-4-11)22(17,18)21(15,16)23(19,20)14-9-5-12(2)6-10-14/h3-10H,1-2H3,(H,15,16). The van der Waals surface area contributed by atoms with E-state index in [9.17, 15) is 26.3 Å². The van der Waals surface area contributed by atoms with Gasteiger partial charge in [-0.2, -0.15) is 0 Å². The van der Waals surface area contributed by atoms with Crippen molar-refractivity contribution in [1.82, 2.24) is 0 Å². The lowest BCUT2D eigenvalue weighted by Crippen LogP contribution is -2.11. The molecule has 0 spiro atoms. The molecule has 0 aliphatic heterocycles. The summed E-state index contributed by atoms with van der Waals surface area (Å²) in [6.45, 7) is 3.41. The van der Waals surface area contributed by atoms with Crippen LogP contribution >= 0.6 is 5.77 Å². The van der Waals surface area contributed by atoms with Gasteiger partial charge in [-0.1, -0.05) is 35.4 Å². The number of hydrogen-bond donors (Lipinski definition) is 1. The topological polar surface area (TPSA) is 106 Å². The van der Waals surface area contributed by atoms with Crippen LogP contribution in [0.3, 0.4) is 0 Å². The fourth-order valence-electron chi connectivity index (χ4n) is 1.82. The summed E-state index contributed by atoms with van der Waals surface area (Å²) < 4.78 is 61.8. The van der Waals surface area contributed by atoms with Crippen molar-refractivity contribution in [1.29, 1.82) is 0 Å². The molecule has 23 heavy (non-hydrogen) atoms. The Hall–Kier alpha value is -1.47. The Kier molecular flexibility index (Phi) is 4.56. The van der Waals surface area contributed by atoms with Crippen molar-refractivity contribution in [2.75, 3.05) is 0 Å². The van der Waals surface area contributed by atoms with Crippen molar-refractivity contribution < 1.29 is 26.3 Å². The quantitative estimate of drug-likeness (QED) is 0.825. The van der Waals surface area contributed by atoms with Crippen LogP contribution in [-0.2, 0) is 23.5 Å². The summed E-state index contributed by atoms with van der Waals surface area (Å²) in [7, 11) is -9.90. The molecule has 2 rings (SSSR count). The highest BCUT2D eigenvalue weighted by atomic mass is 33.1. The highest BCUT2D eigenvalue weighted by Crippen LogP contribution is 2.59. The average Bonchev–Trinajstić information content (AvgIpc) is 2.47. The highest BCUT2D eigenvalue weighted by molar-refractivity contribution is 8.83. The molecule has 0 saturated heterocycles. The van der Waals surface area contributed by atoms with Crippen LogP contribution in [0.5, 0.6) is 0 Å². The monoisotopic (exact) mass is 374 g/mol. The molecule has 0 radical (unpaired) electrons. The van der Waals surface area contributed by atoms with Gasteiger partial charge in [-0.3, -0.25) is 4.57 Å². The first-order valence-corrected chi connectivity index (χ1v) is 12.3. The molecule has 0 heterocycles. The second-order valence-corrected chi connectivity index (χ2v) is 15.4. The first-order chi connectivity index (χ1) is 10.5. The van der Waals surface area contributed by atoms with Gasteiger partial charge in [0, 0.05) is 0 Å². The molecule has 0 amide bonds. The third kappa shape index (κ3) is 2.99. The van der Waals surface area contributed by atoms with Crippen molar-refractivity contribution in [3.63, 3.8) is 0 Å². The molecule has 6 nitrogen and oxygen atoms in total. The third-order valence-corrected chi connectivity index (χ3v) is 14.6. The van der Waals surface area contributed by atoms with Crippen molar-refractivity contribution >= 4 is 24.7 Å². The zero-order chi connectivity index (χ0) is 17.5. The van der Waals surface area contributed by atoms with Crippen molar-refractivity contribution in [3.8, 4) is 0 Å². The molecule has 2 aromatic carbocycles. The van der Waals surface area contributed by atoms with Crippen molar-refractivity contribution in [3.05, 3.63) is 59.7 Å².